The topological polar surface area (TPSA) is 97.1 Å². The van der Waals surface area contributed by atoms with Crippen molar-refractivity contribution in [3.63, 3.8) is 0 Å². The summed E-state index contributed by atoms with van der Waals surface area (Å²) in [6.07, 6.45) is 2.25. The lowest BCUT2D eigenvalue weighted by Crippen LogP contribution is -2.38. The number of benzene rings is 1. The van der Waals surface area contributed by atoms with E-state index >= 15 is 0 Å². The molecule has 1 aromatic heterocycles. The third-order valence-corrected chi connectivity index (χ3v) is 6.25. The highest BCUT2D eigenvalue weighted by Gasteiger charge is 2.23. The zero-order chi connectivity index (χ0) is 23.0. The molecule has 0 unspecified atom stereocenters. The van der Waals surface area contributed by atoms with Gasteiger partial charge in [0.25, 0.3) is 0 Å². The average Bonchev–Trinajstić information content (AvgIpc) is 3.07. The quantitative estimate of drug-likeness (QED) is 0.558. The summed E-state index contributed by atoms with van der Waals surface area (Å²) in [5.74, 6) is 0.0498. The highest BCUT2D eigenvalue weighted by molar-refractivity contribution is 7.95. The van der Waals surface area contributed by atoms with Gasteiger partial charge in [0.1, 0.15) is 23.9 Å². The Morgan fingerprint density at radius 1 is 1.03 bits per heavy atom. The third-order valence-electron chi connectivity index (χ3n) is 5.05. The van der Waals surface area contributed by atoms with Crippen molar-refractivity contribution in [2.45, 2.75) is 26.5 Å². The van der Waals surface area contributed by atoms with Crippen molar-refractivity contribution in [2.75, 3.05) is 31.9 Å². The van der Waals surface area contributed by atoms with E-state index in [1.165, 1.54) is 13.0 Å². The van der Waals surface area contributed by atoms with E-state index in [4.69, 9.17) is 9.15 Å². The number of hydrogen-bond donors (Lipinski definition) is 0. The molecule has 1 aliphatic rings. The minimum atomic E-state index is -3.65. The van der Waals surface area contributed by atoms with E-state index in [2.05, 4.69) is 4.90 Å². The van der Waals surface area contributed by atoms with Crippen LogP contribution in [0.1, 0.15) is 30.4 Å². The van der Waals surface area contributed by atoms with Gasteiger partial charge >= 0.3 is 5.97 Å². The normalized spacial score (nSPS) is 15.6. The van der Waals surface area contributed by atoms with E-state index < -0.39 is 15.6 Å². The molecule has 9 heteroatoms. The molecule has 1 fully saturated rings. The first-order chi connectivity index (χ1) is 15.3. The first-order valence-electron chi connectivity index (χ1n) is 10.5. The van der Waals surface area contributed by atoms with Crippen LogP contribution in [0.2, 0.25) is 0 Å². The second kappa shape index (κ2) is 11.1. The number of rotatable bonds is 8. The molecule has 1 saturated heterocycles. The van der Waals surface area contributed by atoms with Gasteiger partial charge in [0.15, 0.2) is 9.84 Å². The van der Waals surface area contributed by atoms with Gasteiger partial charge in [-0.25, -0.2) is 8.42 Å². The monoisotopic (exact) mass is 460 g/mol. The Kier molecular flexibility index (Phi) is 8.24. The lowest BCUT2D eigenvalue weighted by atomic mass is 10.2. The molecule has 0 bridgehead atoms. The number of sulfone groups is 1. The molecule has 0 saturated carbocycles. The number of carbonyl (C=O) groups is 2. The molecule has 8 nitrogen and oxygen atoms in total. The van der Waals surface area contributed by atoms with Crippen LogP contribution in [0.3, 0.4) is 0 Å². The SMILES string of the molecule is CC(=O)OCc1ccc(CN2CCCN(C(=O)CS(=O)(=O)/C=C/c3ccccc3)CC2)o1. The molecule has 1 amide bonds. The van der Waals surface area contributed by atoms with Gasteiger partial charge in [-0.15, -0.1) is 0 Å². The van der Waals surface area contributed by atoms with Crippen LogP contribution in [0.25, 0.3) is 6.08 Å². The molecule has 3 rings (SSSR count). The van der Waals surface area contributed by atoms with E-state index in [0.717, 1.165) is 29.7 Å². The summed E-state index contributed by atoms with van der Waals surface area (Å²) in [6.45, 7) is 4.38. The third kappa shape index (κ3) is 7.65. The summed E-state index contributed by atoms with van der Waals surface area (Å²) in [6, 6.07) is 12.7. The average molecular weight is 461 g/mol. The summed E-state index contributed by atoms with van der Waals surface area (Å²) in [4.78, 5) is 27.3. The minimum absolute atomic E-state index is 0.102. The van der Waals surface area contributed by atoms with Gasteiger partial charge in [0.2, 0.25) is 5.91 Å². The van der Waals surface area contributed by atoms with E-state index in [1.54, 1.807) is 23.1 Å². The van der Waals surface area contributed by atoms with Gasteiger partial charge in [-0.3, -0.25) is 14.5 Å². The van der Waals surface area contributed by atoms with Crippen LogP contribution in [0.5, 0.6) is 0 Å². The van der Waals surface area contributed by atoms with Crippen molar-refractivity contribution >= 4 is 27.8 Å². The number of hydrogen-bond acceptors (Lipinski definition) is 7. The summed E-state index contributed by atoms with van der Waals surface area (Å²) >= 11 is 0. The first kappa shape index (κ1) is 23.7. The molecule has 1 aromatic carbocycles. The predicted octanol–water partition coefficient (Wildman–Crippen LogP) is 2.46. The maximum absolute atomic E-state index is 12.6. The molecule has 0 atom stereocenters. The predicted molar refractivity (Wildman–Crippen MR) is 120 cm³/mol. The van der Waals surface area contributed by atoms with Gasteiger partial charge in [0.05, 0.1) is 6.54 Å². The number of nitrogens with zero attached hydrogens (tertiary/aromatic N) is 2. The molecular weight excluding hydrogens is 432 g/mol. The molecular formula is C23H28N2O6S. The van der Waals surface area contributed by atoms with Crippen molar-refractivity contribution in [1.82, 2.24) is 9.80 Å². The van der Waals surface area contributed by atoms with Crippen LogP contribution in [-0.2, 0) is 37.3 Å². The van der Waals surface area contributed by atoms with Crippen LogP contribution < -0.4 is 0 Å². The van der Waals surface area contributed by atoms with Crippen LogP contribution in [0.15, 0.2) is 52.3 Å². The maximum atomic E-state index is 12.6. The summed E-state index contributed by atoms with van der Waals surface area (Å²) in [7, 11) is -3.65. The Morgan fingerprint density at radius 3 is 2.53 bits per heavy atom. The van der Waals surface area contributed by atoms with Crippen LogP contribution >= 0.6 is 0 Å². The smallest absolute Gasteiger partial charge is 0.303 e. The summed E-state index contributed by atoms with van der Waals surface area (Å²) in [5.41, 5.74) is 0.767. The van der Waals surface area contributed by atoms with Crippen molar-refractivity contribution in [3.05, 3.63) is 65.0 Å². The standard InChI is InChI=1S/C23H28N2O6S/c1-19(26)30-17-22-9-8-21(31-22)16-24-11-5-12-25(14-13-24)23(27)18-32(28,29)15-10-20-6-3-2-4-7-20/h2-4,6-10,15H,5,11-14,16-18H2,1H3/b15-10+. The van der Waals surface area contributed by atoms with Gasteiger partial charge in [0, 0.05) is 38.5 Å². The van der Waals surface area contributed by atoms with Gasteiger partial charge in [-0.2, -0.15) is 0 Å². The first-order valence-corrected chi connectivity index (χ1v) is 12.2. The molecule has 0 aliphatic carbocycles. The lowest BCUT2D eigenvalue weighted by molar-refractivity contribution is -0.142. The fourth-order valence-corrected chi connectivity index (χ4v) is 4.40. The molecule has 0 radical (unpaired) electrons. The molecule has 32 heavy (non-hydrogen) atoms. The van der Waals surface area contributed by atoms with Gasteiger partial charge < -0.3 is 14.1 Å². The number of carbonyl (C=O) groups excluding carboxylic acids is 2. The van der Waals surface area contributed by atoms with E-state index in [0.29, 0.717) is 31.9 Å². The number of amides is 1. The highest BCUT2D eigenvalue weighted by atomic mass is 32.2. The number of esters is 1. The Hall–Kier alpha value is -2.91. The molecule has 0 spiro atoms. The van der Waals surface area contributed by atoms with Crippen LogP contribution in [-0.4, -0.2) is 62.0 Å². The van der Waals surface area contributed by atoms with Crippen LogP contribution in [0, 0.1) is 0 Å². The number of ether oxygens (including phenoxy) is 1. The molecule has 2 aromatic rings. The molecule has 1 aliphatic heterocycles. The Bertz CT molecular complexity index is 1050. The van der Waals surface area contributed by atoms with Crippen molar-refractivity contribution in [1.29, 1.82) is 0 Å². The Balaban J connectivity index is 1.49. The largest absolute Gasteiger partial charge is 0.461 e. The Morgan fingerprint density at radius 2 is 1.78 bits per heavy atom. The van der Waals surface area contributed by atoms with Crippen molar-refractivity contribution in [2.24, 2.45) is 0 Å². The summed E-state index contributed by atoms with van der Waals surface area (Å²) < 4.78 is 35.3. The minimum Gasteiger partial charge on any atom is -0.461 e. The van der Waals surface area contributed by atoms with E-state index in [1.807, 2.05) is 24.3 Å². The van der Waals surface area contributed by atoms with Crippen molar-refractivity contribution < 1.29 is 27.2 Å². The van der Waals surface area contributed by atoms with Gasteiger partial charge in [-0.05, 0) is 30.2 Å². The summed E-state index contributed by atoms with van der Waals surface area (Å²) in [5, 5.41) is 1.11. The molecule has 172 valence electrons. The zero-order valence-electron chi connectivity index (χ0n) is 18.1. The number of furan rings is 1. The second-order valence-electron chi connectivity index (χ2n) is 7.68. The Labute approximate surface area is 188 Å². The lowest BCUT2D eigenvalue weighted by Gasteiger charge is -2.21. The fourth-order valence-electron chi connectivity index (χ4n) is 3.41. The van der Waals surface area contributed by atoms with E-state index in [-0.39, 0.29) is 18.5 Å². The molecule has 0 N–H and O–H groups in total. The van der Waals surface area contributed by atoms with E-state index in [9.17, 15) is 18.0 Å². The molecule has 2 heterocycles. The van der Waals surface area contributed by atoms with Gasteiger partial charge in [-0.1, -0.05) is 30.3 Å². The maximum Gasteiger partial charge on any atom is 0.303 e. The van der Waals surface area contributed by atoms with Crippen LogP contribution in [0.4, 0.5) is 0 Å². The zero-order valence-corrected chi connectivity index (χ0v) is 18.9. The second-order valence-corrected chi connectivity index (χ2v) is 9.57. The highest BCUT2D eigenvalue weighted by Crippen LogP contribution is 2.14. The van der Waals surface area contributed by atoms with Crippen molar-refractivity contribution in [3.8, 4) is 0 Å². The fraction of sp³-hybridized carbons (Fsp3) is 0.391.